The molecular formula is C15H16FNO2. The van der Waals surface area contributed by atoms with Gasteiger partial charge in [-0.1, -0.05) is 36.4 Å². The van der Waals surface area contributed by atoms with Crippen LogP contribution in [0.2, 0.25) is 0 Å². The molecule has 1 unspecified atom stereocenters. The number of hydrogen-bond donors (Lipinski definition) is 2. The van der Waals surface area contributed by atoms with Gasteiger partial charge in [-0.2, -0.15) is 5.48 Å². The van der Waals surface area contributed by atoms with E-state index in [-0.39, 0.29) is 11.8 Å². The average molecular weight is 261 g/mol. The third-order valence-electron chi connectivity index (χ3n) is 2.80. The number of hydroxylamine groups is 1. The van der Waals surface area contributed by atoms with Crippen molar-refractivity contribution >= 4 is 0 Å². The molecule has 0 aliphatic rings. The maximum atomic E-state index is 12.9. The highest BCUT2D eigenvalue weighted by Gasteiger charge is 2.10. The number of phenols is 1. The zero-order valence-electron chi connectivity index (χ0n) is 10.6. The fourth-order valence-corrected chi connectivity index (χ4v) is 1.77. The van der Waals surface area contributed by atoms with E-state index in [1.165, 1.54) is 12.1 Å². The molecule has 0 spiro atoms. The van der Waals surface area contributed by atoms with E-state index in [2.05, 4.69) is 5.48 Å². The number of hydrogen-bond acceptors (Lipinski definition) is 3. The Hall–Kier alpha value is -1.91. The van der Waals surface area contributed by atoms with Gasteiger partial charge in [-0.05, 0) is 18.6 Å². The fraction of sp³-hybridized carbons (Fsp3) is 0.200. The first-order valence-electron chi connectivity index (χ1n) is 6.06. The Morgan fingerprint density at radius 1 is 1.21 bits per heavy atom. The predicted molar refractivity (Wildman–Crippen MR) is 70.8 cm³/mol. The molecule has 100 valence electrons. The lowest BCUT2D eigenvalue weighted by molar-refractivity contribution is 0.00652. The van der Waals surface area contributed by atoms with Crippen molar-refractivity contribution in [3.8, 4) is 5.75 Å². The van der Waals surface area contributed by atoms with Crippen molar-refractivity contribution < 1.29 is 14.3 Å². The van der Waals surface area contributed by atoms with Crippen molar-refractivity contribution in [2.75, 3.05) is 0 Å². The van der Waals surface area contributed by atoms with E-state index < -0.39 is 5.82 Å². The van der Waals surface area contributed by atoms with Crippen LogP contribution in [0.5, 0.6) is 5.75 Å². The summed E-state index contributed by atoms with van der Waals surface area (Å²) in [6.45, 7) is 2.26. The molecule has 0 aromatic heterocycles. The van der Waals surface area contributed by atoms with Crippen molar-refractivity contribution in [1.82, 2.24) is 5.48 Å². The van der Waals surface area contributed by atoms with Crippen LogP contribution in [-0.4, -0.2) is 5.11 Å². The first-order valence-corrected chi connectivity index (χ1v) is 6.06. The zero-order chi connectivity index (χ0) is 13.7. The van der Waals surface area contributed by atoms with E-state index >= 15 is 0 Å². The van der Waals surface area contributed by atoms with Gasteiger partial charge in [0.1, 0.15) is 11.6 Å². The van der Waals surface area contributed by atoms with Crippen molar-refractivity contribution in [3.05, 3.63) is 65.5 Å². The molecule has 2 aromatic carbocycles. The van der Waals surface area contributed by atoms with E-state index in [4.69, 9.17) is 4.84 Å². The Morgan fingerprint density at radius 2 is 1.95 bits per heavy atom. The highest BCUT2D eigenvalue weighted by Crippen LogP contribution is 2.24. The van der Waals surface area contributed by atoms with E-state index in [0.717, 1.165) is 11.6 Å². The number of rotatable bonds is 5. The number of benzene rings is 2. The van der Waals surface area contributed by atoms with Crippen LogP contribution in [0, 0.1) is 5.82 Å². The largest absolute Gasteiger partial charge is 0.508 e. The zero-order valence-corrected chi connectivity index (χ0v) is 10.6. The first-order chi connectivity index (χ1) is 9.16. The highest BCUT2D eigenvalue weighted by molar-refractivity contribution is 5.34. The molecule has 0 aliphatic carbocycles. The van der Waals surface area contributed by atoms with E-state index in [9.17, 15) is 9.50 Å². The summed E-state index contributed by atoms with van der Waals surface area (Å²) in [6.07, 6.45) is 0. The highest BCUT2D eigenvalue weighted by atomic mass is 19.1. The summed E-state index contributed by atoms with van der Waals surface area (Å²) in [5.74, 6) is -0.540. The summed E-state index contributed by atoms with van der Waals surface area (Å²) in [6, 6.07) is 13.4. The SMILES string of the molecule is CC(NOCc1ccccc1)c1ccc(F)cc1O. The van der Waals surface area contributed by atoms with Crippen LogP contribution in [0.1, 0.15) is 24.1 Å². The van der Waals surface area contributed by atoms with Gasteiger partial charge in [0.2, 0.25) is 0 Å². The molecule has 1 atom stereocenters. The van der Waals surface area contributed by atoms with Gasteiger partial charge in [-0.15, -0.1) is 0 Å². The van der Waals surface area contributed by atoms with Gasteiger partial charge in [0.25, 0.3) is 0 Å². The van der Waals surface area contributed by atoms with Crippen molar-refractivity contribution in [2.45, 2.75) is 19.6 Å². The lowest BCUT2D eigenvalue weighted by atomic mass is 10.1. The molecule has 0 amide bonds. The van der Waals surface area contributed by atoms with E-state index in [1.54, 1.807) is 0 Å². The Bertz CT molecular complexity index is 531. The van der Waals surface area contributed by atoms with Crippen LogP contribution < -0.4 is 5.48 Å². The molecule has 2 aromatic rings. The van der Waals surface area contributed by atoms with Crippen LogP contribution in [-0.2, 0) is 11.4 Å². The second-order valence-electron chi connectivity index (χ2n) is 4.32. The van der Waals surface area contributed by atoms with Crippen LogP contribution in [0.15, 0.2) is 48.5 Å². The molecule has 0 heterocycles. The third-order valence-corrected chi connectivity index (χ3v) is 2.80. The molecule has 0 saturated carbocycles. The molecule has 4 heteroatoms. The average Bonchev–Trinajstić information content (AvgIpc) is 2.39. The monoisotopic (exact) mass is 261 g/mol. The fourth-order valence-electron chi connectivity index (χ4n) is 1.77. The smallest absolute Gasteiger partial charge is 0.126 e. The quantitative estimate of drug-likeness (QED) is 0.811. The van der Waals surface area contributed by atoms with E-state index in [1.807, 2.05) is 37.3 Å². The molecule has 0 bridgehead atoms. The lowest BCUT2D eigenvalue weighted by Gasteiger charge is -2.15. The predicted octanol–water partition coefficient (Wildman–Crippen LogP) is 3.31. The number of nitrogens with one attached hydrogen (secondary N) is 1. The minimum atomic E-state index is -0.460. The summed E-state index contributed by atoms with van der Waals surface area (Å²) in [5, 5.41) is 9.64. The van der Waals surface area contributed by atoms with Crippen molar-refractivity contribution in [2.24, 2.45) is 0 Å². The summed E-state index contributed by atoms with van der Waals surface area (Å²) in [4.78, 5) is 5.37. The maximum Gasteiger partial charge on any atom is 0.126 e. The Balaban J connectivity index is 1.89. The van der Waals surface area contributed by atoms with Crippen molar-refractivity contribution in [1.29, 1.82) is 0 Å². The maximum absolute atomic E-state index is 12.9. The van der Waals surface area contributed by atoms with Gasteiger partial charge in [0, 0.05) is 11.6 Å². The summed E-state index contributed by atoms with van der Waals surface area (Å²) < 4.78 is 12.9. The first kappa shape index (κ1) is 13.5. The molecular weight excluding hydrogens is 245 g/mol. The molecule has 19 heavy (non-hydrogen) atoms. The van der Waals surface area contributed by atoms with Crippen LogP contribution in [0.4, 0.5) is 4.39 Å². The second kappa shape index (κ2) is 6.31. The molecule has 0 radical (unpaired) electrons. The van der Waals surface area contributed by atoms with Crippen LogP contribution in [0.25, 0.3) is 0 Å². The minimum Gasteiger partial charge on any atom is -0.508 e. The topological polar surface area (TPSA) is 41.5 Å². The van der Waals surface area contributed by atoms with Gasteiger partial charge in [0.15, 0.2) is 0 Å². The standard InChI is InChI=1S/C15H16FNO2/c1-11(14-8-7-13(16)9-15(14)18)17-19-10-12-5-3-2-4-6-12/h2-9,11,17-18H,10H2,1H3. The van der Waals surface area contributed by atoms with Crippen molar-refractivity contribution in [3.63, 3.8) is 0 Å². The molecule has 0 fully saturated rings. The molecule has 0 saturated heterocycles. The summed E-state index contributed by atoms with van der Waals surface area (Å²) >= 11 is 0. The summed E-state index contributed by atoms with van der Waals surface area (Å²) in [5.41, 5.74) is 4.46. The van der Waals surface area contributed by atoms with Gasteiger partial charge < -0.3 is 5.11 Å². The minimum absolute atomic E-state index is 0.0803. The van der Waals surface area contributed by atoms with Gasteiger partial charge >= 0.3 is 0 Å². The van der Waals surface area contributed by atoms with E-state index in [0.29, 0.717) is 12.2 Å². The molecule has 0 aliphatic heterocycles. The number of halogens is 1. The van der Waals surface area contributed by atoms with Gasteiger partial charge in [-0.25, -0.2) is 4.39 Å². The normalized spacial score (nSPS) is 12.3. The molecule has 3 nitrogen and oxygen atoms in total. The van der Waals surface area contributed by atoms with Gasteiger partial charge in [0.05, 0.1) is 12.6 Å². The second-order valence-corrected chi connectivity index (χ2v) is 4.32. The molecule has 2 N–H and O–H groups in total. The third kappa shape index (κ3) is 3.77. The molecule has 2 rings (SSSR count). The van der Waals surface area contributed by atoms with Crippen LogP contribution >= 0.6 is 0 Å². The van der Waals surface area contributed by atoms with Crippen LogP contribution in [0.3, 0.4) is 0 Å². The Kier molecular flexibility index (Phi) is 4.49. The van der Waals surface area contributed by atoms with Gasteiger partial charge in [-0.3, -0.25) is 4.84 Å². The summed E-state index contributed by atoms with van der Waals surface area (Å²) in [7, 11) is 0. The Labute approximate surface area is 111 Å². The Morgan fingerprint density at radius 3 is 2.63 bits per heavy atom. The number of phenolic OH excluding ortho intramolecular Hbond substituents is 1. The number of aromatic hydroxyl groups is 1. The lowest BCUT2D eigenvalue weighted by Crippen LogP contribution is -2.19.